The zero-order valence-electron chi connectivity index (χ0n) is 7.87. The lowest BCUT2D eigenvalue weighted by molar-refractivity contribution is -0.120. The van der Waals surface area contributed by atoms with Gasteiger partial charge in [-0.3, -0.25) is 10.2 Å². The fraction of sp³-hybridized carbons (Fsp3) is 0.750. The fourth-order valence-electron chi connectivity index (χ4n) is 0.928. The molecule has 1 aliphatic rings. The average molecular weight is 186 g/mol. The highest BCUT2D eigenvalue weighted by Crippen LogP contribution is 2.02. The number of rotatable bonds is 2. The van der Waals surface area contributed by atoms with Crippen molar-refractivity contribution in [1.29, 1.82) is 0 Å². The van der Waals surface area contributed by atoms with Crippen LogP contribution in [-0.2, 0) is 9.53 Å². The van der Waals surface area contributed by atoms with Crippen molar-refractivity contribution in [1.82, 2.24) is 10.4 Å². The van der Waals surface area contributed by atoms with Crippen LogP contribution in [0.3, 0.4) is 0 Å². The number of hydrogen-bond acceptors (Lipinski definition) is 3. The van der Waals surface area contributed by atoms with Gasteiger partial charge in [0.15, 0.2) is 0 Å². The minimum atomic E-state index is -0.473. The Bertz CT molecular complexity index is 215. The van der Waals surface area contributed by atoms with E-state index in [2.05, 4.69) is 5.43 Å². The predicted molar refractivity (Wildman–Crippen MR) is 45.7 cm³/mol. The smallest absolute Gasteiger partial charge is 0.428 e. The number of hydrazine groups is 1. The van der Waals surface area contributed by atoms with Gasteiger partial charge in [0.25, 0.3) is 0 Å². The van der Waals surface area contributed by atoms with Gasteiger partial charge < -0.3 is 4.74 Å². The second-order valence-corrected chi connectivity index (χ2v) is 3.41. The van der Waals surface area contributed by atoms with Crippen LogP contribution in [-0.4, -0.2) is 30.2 Å². The van der Waals surface area contributed by atoms with E-state index >= 15 is 0 Å². The molecule has 1 saturated heterocycles. The number of carbonyl (C=O) groups excluding carboxylic acids is 2. The van der Waals surface area contributed by atoms with Gasteiger partial charge in [0, 0.05) is 6.42 Å². The minimum Gasteiger partial charge on any atom is -0.448 e. The molecule has 1 rings (SSSR count). The third-order valence-electron chi connectivity index (χ3n) is 1.58. The van der Waals surface area contributed by atoms with Crippen LogP contribution in [0.25, 0.3) is 0 Å². The molecule has 0 aromatic carbocycles. The Morgan fingerprint density at radius 2 is 2.38 bits per heavy atom. The molecule has 0 saturated carbocycles. The first-order valence-corrected chi connectivity index (χ1v) is 4.33. The minimum absolute atomic E-state index is 0.138. The Balaban J connectivity index is 2.27. The molecule has 1 heterocycles. The predicted octanol–water partition coefficient (Wildman–Crippen LogP) is 0.516. The highest BCUT2D eigenvalue weighted by molar-refractivity contribution is 5.82. The molecule has 5 heteroatoms. The molecule has 0 spiro atoms. The average Bonchev–Trinajstić information content (AvgIpc) is 2.47. The molecule has 74 valence electrons. The number of nitrogens with one attached hydrogen (secondary N) is 1. The Kier molecular flexibility index (Phi) is 3.11. The Morgan fingerprint density at radius 1 is 1.69 bits per heavy atom. The van der Waals surface area contributed by atoms with E-state index < -0.39 is 6.09 Å². The SMILES string of the molecule is CC(C)COC(=O)N1CCC(=O)N1. The molecular weight excluding hydrogens is 172 g/mol. The summed E-state index contributed by atoms with van der Waals surface area (Å²) in [6, 6.07) is 0. The van der Waals surface area contributed by atoms with Gasteiger partial charge in [0.1, 0.15) is 0 Å². The largest absolute Gasteiger partial charge is 0.448 e. The molecule has 0 bridgehead atoms. The monoisotopic (exact) mass is 186 g/mol. The summed E-state index contributed by atoms with van der Waals surface area (Å²) in [6.07, 6.45) is -0.115. The first-order chi connectivity index (χ1) is 6.09. The quantitative estimate of drug-likeness (QED) is 0.683. The second kappa shape index (κ2) is 4.11. The van der Waals surface area contributed by atoms with Gasteiger partial charge >= 0.3 is 6.09 Å². The Morgan fingerprint density at radius 3 is 2.85 bits per heavy atom. The van der Waals surface area contributed by atoms with Gasteiger partial charge in [0.2, 0.25) is 5.91 Å². The van der Waals surface area contributed by atoms with E-state index in [-0.39, 0.29) is 5.91 Å². The van der Waals surface area contributed by atoms with Crippen LogP contribution in [0.15, 0.2) is 0 Å². The second-order valence-electron chi connectivity index (χ2n) is 3.41. The van der Waals surface area contributed by atoms with Crippen molar-refractivity contribution in [2.24, 2.45) is 5.92 Å². The summed E-state index contributed by atoms with van der Waals surface area (Å²) >= 11 is 0. The normalized spacial score (nSPS) is 16.2. The third-order valence-corrected chi connectivity index (χ3v) is 1.58. The van der Waals surface area contributed by atoms with Crippen molar-refractivity contribution in [3.63, 3.8) is 0 Å². The summed E-state index contributed by atoms with van der Waals surface area (Å²) in [4.78, 5) is 21.9. The van der Waals surface area contributed by atoms with Gasteiger partial charge in [-0.15, -0.1) is 0 Å². The molecule has 0 aromatic heterocycles. The van der Waals surface area contributed by atoms with Gasteiger partial charge in [-0.2, -0.15) is 0 Å². The lowest BCUT2D eigenvalue weighted by Gasteiger charge is -2.15. The van der Waals surface area contributed by atoms with Gasteiger partial charge in [0.05, 0.1) is 13.2 Å². The molecule has 13 heavy (non-hydrogen) atoms. The molecule has 0 atom stereocenters. The number of carbonyl (C=O) groups is 2. The zero-order chi connectivity index (χ0) is 9.84. The molecule has 2 amide bonds. The number of nitrogens with zero attached hydrogens (tertiary/aromatic N) is 1. The first-order valence-electron chi connectivity index (χ1n) is 4.33. The topological polar surface area (TPSA) is 58.6 Å². The number of amides is 2. The highest BCUT2D eigenvalue weighted by atomic mass is 16.6. The summed E-state index contributed by atoms with van der Waals surface area (Å²) in [5.74, 6) is 0.170. The Hall–Kier alpha value is -1.26. The molecule has 5 nitrogen and oxygen atoms in total. The summed E-state index contributed by atoms with van der Waals surface area (Å²) in [6.45, 7) is 4.69. The van der Waals surface area contributed by atoms with Crippen molar-refractivity contribution in [2.75, 3.05) is 13.2 Å². The van der Waals surface area contributed by atoms with Crippen LogP contribution < -0.4 is 5.43 Å². The van der Waals surface area contributed by atoms with Crippen molar-refractivity contribution in [3.8, 4) is 0 Å². The van der Waals surface area contributed by atoms with E-state index in [1.165, 1.54) is 5.01 Å². The lowest BCUT2D eigenvalue weighted by atomic mass is 10.2. The maximum atomic E-state index is 11.2. The van der Waals surface area contributed by atoms with Crippen molar-refractivity contribution in [2.45, 2.75) is 20.3 Å². The van der Waals surface area contributed by atoms with Gasteiger partial charge in [-0.25, -0.2) is 9.80 Å². The van der Waals surface area contributed by atoms with Crippen LogP contribution >= 0.6 is 0 Å². The zero-order valence-corrected chi connectivity index (χ0v) is 7.87. The standard InChI is InChI=1S/C8H14N2O3/c1-6(2)5-13-8(12)10-4-3-7(11)9-10/h6H,3-5H2,1-2H3,(H,9,11). The Labute approximate surface area is 77.0 Å². The van der Waals surface area contributed by atoms with E-state index in [4.69, 9.17) is 4.74 Å². The summed E-state index contributed by atoms with van der Waals surface area (Å²) in [5.41, 5.74) is 2.40. The molecule has 1 N–H and O–H groups in total. The third kappa shape index (κ3) is 2.93. The van der Waals surface area contributed by atoms with Crippen molar-refractivity contribution >= 4 is 12.0 Å². The van der Waals surface area contributed by atoms with Crippen LogP contribution in [0.2, 0.25) is 0 Å². The van der Waals surface area contributed by atoms with Gasteiger partial charge in [-0.1, -0.05) is 13.8 Å². The maximum absolute atomic E-state index is 11.2. The summed E-state index contributed by atoms with van der Waals surface area (Å²) in [7, 11) is 0. The van der Waals surface area contributed by atoms with E-state index in [9.17, 15) is 9.59 Å². The molecule has 0 aromatic rings. The number of hydrogen-bond donors (Lipinski definition) is 1. The summed E-state index contributed by atoms with van der Waals surface area (Å²) < 4.78 is 4.91. The van der Waals surface area contributed by atoms with Crippen LogP contribution in [0, 0.1) is 5.92 Å². The van der Waals surface area contributed by atoms with Crippen molar-refractivity contribution < 1.29 is 14.3 Å². The summed E-state index contributed by atoms with van der Waals surface area (Å²) in [5, 5.41) is 1.20. The highest BCUT2D eigenvalue weighted by Gasteiger charge is 2.24. The van der Waals surface area contributed by atoms with E-state index in [0.29, 0.717) is 25.5 Å². The molecule has 1 fully saturated rings. The van der Waals surface area contributed by atoms with Crippen LogP contribution in [0.4, 0.5) is 4.79 Å². The fourth-order valence-corrected chi connectivity index (χ4v) is 0.928. The van der Waals surface area contributed by atoms with E-state index in [0.717, 1.165) is 0 Å². The lowest BCUT2D eigenvalue weighted by Crippen LogP contribution is -2.39. The molecule has 0 radical (unpaired) electrons. The maximum Gasteiger partial charge on any atom is 0.428 e. The molecular formula is C8H14N2O3. The van der Waals surface area contributed by atoms with Gasteiger partial charge in [-0.05, 0) is 5.92 Å². The van der Waals surface area contributed by atoms with E-state index in [1.54, 1.807) is 0 Å². The number of ether oxygens (including phenoxy) is 1. The van der Waals surface area contributed by atoms with E-state index in [1.807, 2.05) is 13.8 Å². The van der Waals surface area contributed by atoms with Crippen molar-refractivity contribution in [3.05, 3.63) is 0 Å². The first kappa shape index (κ1) is 9.83. The molecule has 1 aliphatic heterocycles. The molecule has 0 unspecified atom stereocenters. The molecule has 0 aliphatic carbocycles. The van der Waals surface area contributed by atoms with Crippen LogP contribution in [0.1, 0.15) is 20.3 Å². The van der Waals surface area contributed by atoms with Crippen LogP contribution in [0.5, 0.6) is 0 Å².